The van der Waals surface area contributed by atoms with Crippen LogP contribution in [0.1, 0.15) is 24.1 Å². The van der Waals surface area contributed by atoms with Gasteiger partial charge in [0.05, 0.1) is 12.6 Å². The molecule has 0 saturated carbocycles. The Bertz CT molecular complexity index is 548. The third kappa shape index (κ3) is 3.52. The van der Waals surface area contributed by atoms with E-state index < -0.39 is 24.9 Å². The molecule has 0 aliphatic heterocycles. The first-order valence-electron chi connectivity index (χ1n) is 7.04. The van der Waals surface area contributed by atoms with Gasteiger partial charge in [-0.25, -0.2) is 4.79 Å². The van der Waals surface area contributed by atoms with E-state index in [4.69, 9.17) is 5.11 Å². The fourth-order valence-electron chi connectivity index (χ4n) is 2.70. The topological polar surface area (TPSA) is 52.6 Å². The number of fused-ring (bicyclic) bond motifs is 1. The van der Waals surface area contributed by atoms with E-state index in [2.05, 4.69) is 5.32 Å². The van der Waals surface area contributed by atoms with Crippen LogP contribution in [0.2, 0.25) is 0 Å². The molecule has 0 radical (unpaired) electrons. The van der Waals surface area contributed by atoms with Crippen molar-refractivity contribution >= 4 is 6.03 Å². The Kier molecular flexibility index (Phi) is 4.65. The second kappa shape index (κ2) is 6.16. The summed E-state index contributed by atoms with van der Waals surface area (Å²) in [4.78, 5) is 12.9. The van der Waals surface area contributed by atoms with Gasteiger partial charge in [0.1, 0.15) is 0 Å². The third-order valence-corrected chi connectivity index (χ3v) is 3.95. The second-order valence-corrected chi connectivity index (χ2v) is 5.75. The summed E-state index contributed by atoms with van der Waals surface area (Å²) in [5.41, 5.74) is 2.13. The molecule has 1 aliphatic carbocycles. The summed E-state index contributed by atoms with van der Waals surface area (Å²) in [6.07, 6.45) is -6.46. The number of alkyl halides is 3. The van der Waals surface area contributed by atoms with E-state index in [0.717, 1.165) is 22.4 Å². The van der Waals surface area contributed by atoms with Crippen molar-refractivity contribution in [2.75, 3.05) is 13.6 Å². The highest BCUT2D eigenvalue weighted by Crippen LogP contribution is 2.35. The number of benzene rings is 1. The van der Waals surface area contributed by atoms with Crippen LogP contribution in [0.5, 0.6) is 0 Å². The van der Waals surface area contributed by atoms with Crippen LogP contribution in [0.25, 0.3) is 0 Å². The number of rotatable bonds is 3. The average molecular weight is 316 g/mol. The van der Waals surface area contributed by atoms with Crippen LogP contribution < -0.4 is 5.32 Å². The SMILES string of the molecule is C[C@@H]1Cc2ccccc2[C@H]1NC(=O)N(C)C[C@H](O)C(F)(F)F. The predicted molar refractivity (Wildman–Crippen MR) is 75.3 cm³/mol. The lowest BCUT2D eigenvalue weighted by Gasteiger charge is -2.26. The highest BCUT2D eigenvalue weighted by molar-refractivity contribution is 5.74. The average Bonchev–Trinajstić information content (AvgIpc) is 2.74. The van der Waals surface area contributed by atoms with Crippen molar-refractivity contribution in [2.45, 2.75) is 31.7 Å². The van der Waals surface area contributed by atoms with Crippen LogP contribution in [0.15, 0.2) is 24.3 Å². The summed E-state index contributed by atoms with van der Waals surface area (Å²) >= 11 is 0. The Morgan fingerprint density at radius 3 is 2.73 bits per heavy atom. The van der Waals surface area contributed by atoms with Crippen LogP contribution in [-0.4, -0.2) is 41.9 Å². The van der Waals surface area contributed by atoms with E-state index in [9.17, 15) is 18.0 Å². The minimum atomic E-state index is -4.73. The fraction of sp³-hybridized carbons (Fsp3) is 0.533. The minimum Gasteiger partial charge on any atom is -0.382 e. The summed E-state index contributed by atoms with van der Waals surface area (Å²) in [5.74, 6) is 0.169. The number of aliphatic hydroxyl groups is 1. The first kappa shape index (κ1) is 16.6. The number of nitrogens with zero attached hydrogens (tertiary/aromatic N) is 1. The molecule has 22 heavy (non-hydrogen) atoms. The quantitative estimate of drug-likeness (QED) is 0.900. The van der Waals surface area contributed by atoms with Gasteiger partial charge in [-0.1, -0.05) is 31.2 Å². The van der Waals surface area contributed by atoms with Gasteiger partial charge in [-0.15, -0.1) is 0 Å². The maximum Gasteiger partial charge on any atom is 0.416 e. The molecule has 0 fully saturated rings. The van der Waals surface area contributed by atoms with E-state index in [0.29, 0.717) is 0 Å². The molecule has 122 valence electrons. The summed E-state index contributed by atoms with van der Waals surface area (Å²) in [6, 6.07) is 6.82. The zero-order chi connectivity index (χ0) is 16.5. The predicted octanol–water partition coefficient (Wildman–Crippen LogP) is 2.48. The molecule has 2 amide bonds. The van der Waals surface area contributed by atoms with Crippen molar-refractivity contribution in [3.63, 3.8) is 0 Å². The lowest BCUT2D eigenvalue weighted by atomic mass is 10.0. The highest BCUT2D eigenvalue weighted by Gasteiger charge is 2.40. The number of likely N-dealkylation sites (N-methyl/N-ethyl adjacent to an activating group) is 1. The Morgan fingerprint density at radius 1 is 1.45 bits per heavy atom. The number of amides is 2. The molecule has 0 saturated heterocycles. The summed E-state index contributed by atoms with van der Waals surface area (Å²) in [6.45, 7) is 1.19. The highest BCUT2D eigenvalue weighted by atomic mass is 19.4. The first-order chi connectivity index (χ1) is 10.2. The molecular weight excluding hydrogens is 297 g/mol. The van der Waals surface area contributed by atoms with Crippen molar-refractivity contribution in [3.05, 3.63) is 35.4 Å². The van der Waals surface area contributed by atoms with Crippen LogP contribution in [-0.2, 0) is 6.42 Å². The van der Waals surface area contributed by atoms with Crippen molar-refractivity contribution in [1.82, 2.24) is 10.2 Å². The van der Waals surface area contributed by atoms with Gasteiger partial charge in [0.15, 0.2) is 6.10 Å². The maximum absolute atomic E-state index is 12.3. The molecule has 2 rings (SSSR count). The molecule has 2 N–H and O–H groups in total. The van der Waals surface area contributed by atoms with Gasteiger partial charge in [0.25, 0.3) is 0 Å². The molecular formula is C15H19F3N2O2. The van der Waals surface area contributed by atoms with Gasteiger partial charge in [-0.3, -0.25) is 0 Å². The number of urea groups is 1. The number of carbonyl (C=O) groups excluding carboxylic acids is 1. The molecule has 0 bridgehead atoms. The van der Waals surface area contributed by atoms with Gasteiger partial charge in [-0.05, 0) is 23.5 Å². The van der Waals surface area contributed by atoms with E-state index >= 15 is 0 Å². The molecule has 1 aromatic rings. The molecule has 3 atom stereocenters. The number of hydrogen-bond acceptors (Lipinski definition) is 2. The van der Waals surface area contributed by atoms with E-state index in [1.54, 1.807) is 0 Å². The van der Waals surface area contributed by atoms with Gasteiger partial charge in [0, 0.05) is 7.05 Å². The molecule has 0 heterocycles. The molecule has 0 aromatic heterocycles. The normalized spacial score (nSPS) is 22.1. The molecule has 1 aliphatic rings. The van der Waals surface area contributed by atoms with Gasteiger partial charge < -0.3 is 15.3 Å². The van der Waals surface area contributed by atoms with Crippen LogP contribution >= 0.6 is 0 Å². The molecule has 7 heteroatoms. The lowest BCUT2D eigenvalue weighted by molar-refractivity contribution is -0.205. The number of aliphatic hydroxyl groups excluding tert-OH is 1. The fourth-order valence-corrected chi connectivity index (χ4v) is 2.70. The van der Waals surface area contributed by atoms with Crippen molar-refractivity contribution in [1.29, 1.82) is 0 Å². The maximum atomic E-state index is 12.3. The van der Waals surface area contributed by atoms with Crippen LogP contribution in [0, 0.1) is 5.92 Å². The summed E-state index contributed by atoms with van der Waals surface area (Å²) < 4.78 is 37.0. The Labute approximate surface area is 126 Å². The molecule has 4 nitrogen and oxygen atoms in total. The van der Waals surface area contributed by atoms with Crippen LogP contribution in [0.4, 0.5) is 18.0 Å². The van der Waals surface area contributed by atoms with E-state index in [-0.39, 0.29) is 12.0 Å². The van der Waals surface area contributed by atoms with Gasteiger partial charge in [-0.2, -0.15) is 13.2 Å². The molecule has 0 spiro atoms. The van der Waals surface area contributed by atoms with Crippen LogP contribution in [0.3, 0.4) is 0 Å². The largest absolute Gasteiger partial charge is 0.416 e. The Morgan fingerprint density at radius 2 is 2.09 bits per heavy atom. The van der Waals surface area contributed by atoms with Crippen molar-refractivity contribution < 1.29 is 23.1 Å². The lowest BCUT2D eigenvalue weighted by Crippen LogP contribution is -2.46. The Balaban J connectivity index is 2.00. The minimum absolute atomic E-state index is 0.169. The standard InChI is InChI=1S/C15H19F3N2O2/c1-9-7-10-5-3-4-6-11(10)13(9)19-14(22)20(2)8-12(21)15(16,17)18/h3-6,9,12-13,21H,7-8H2,1-2H3,(H,19,22)/t9-,12+,13+/m1/s1. The summed E-state index contributed by atoms with van der Waals surface area (Å²) in [7, 11) is 1.23. The second-order valence-electron chi connectivity index (χ2n) is 5.75. The van der Waals surface area contributed by atoms with Gasteiger partial charge in [0.2, 0.25) is 0 Å². The number of halogens is 3. The third-order valence-electron chi connectivity index (χ3n) is 3.95. The monoisotopic (exact) mass is 316 g/mol. The van der Waals surface area contributed by atoms with Gasteiger partial charge >= 0.3 is 12.2 Å². The van der Waals surface area contributed by atoms with Crippen molar-refractivity contribution in [3.8, 4) is 0 Å². The zero-order valence-electron chi connectivity index (χ0n) is 12.4. The molecule has 0 unspecified atom stereocenters. The number of hydrogen-bond donors (Lipinski definition) is 2. The zero-order valence-corrected chi connectivity index (χ0v) is 12.4. The molecule has 1 aromatic carbocycles. The van der Waals surface area contributed by atoms with Crippen molar-refractivity contribution in [2.24, 2.45) is 5.92 Å². The number of carbonyl (C=O) groups is 1. The van der Waals surface area contributed by atoms with E-state index in [1.807, 2.05) is 31.2 Å². The smallest absolute Gasteiger partial charge is 0.382 e. The first-order valence-corrected chi connectivity index (χ1v) is 7.04. The number of nitrogens with one attached hydrogen (secondary N) is 1. The summed E-state index contributed by atoms with van der Waals surface area (Å²) in [5, 5.41) is 11.8. The Hall–Kier alpha value is -1.76. The van der Waals surface area contributed by atoms with E-state index in [1.165, 1.54) is 7.05 Å².